The molecule has 24 heavy (non-hydrogen) atoms. The standard InChI is InChI=1S/C16H28N4O2S.HI/c1-12(2)5-4-6-13(3)20-16(17)19-11-14-7-9-15(10-8-14)23(18,21)22;/h7-10,12-13H,4-6,11H2,1-3H3,(H3,17,19,20)(H2,18,21,22);1H. The van der Waals surface area contributed by atoms with Gasteiger partial charge in [0, 0.05) is 6.04 Å². The van der Waals surface area contributed by atoms with Crippen LogP contribution in [0.25, 0.3) is 0 Å². The van der Waals surface area contributed by atoms with Crippen LogP contribution >= 0.6 is 24.0 Å². The minimum atomic E-state index is -3.65. The second kappa shape index (κ2) is 10.9. The van der Waals surface area contributed by atoms with Crippen LogP contribution in [-0.2, 0) is 16.6 Å². The van der Waals surface area contributed by atoms with Gasteiger partial charge in [0.25, 0.3) is 0 Å². The number of hydrogen-bond donors (Lipinski definition) is 3. The summed E-state index contributed by atoms with van der Waals surface area (Å²) in [6.07, 6.45) is 3.42. The fourth-order valence-electron chi connectivity index (χ4n) is 2.16. The van der Waals surface area contributed by atoms with Crippen molar-refractivity contribution in [2.24, 2.45) is 21.8 Å². The molecule has 1 atom stereocenters. The highest BCUT2D eigenvalue weighted by Gasteiger charge is 2.07. The summed E-state index contributed by atoms with van der Waals surface area (Å²) >= 11 is 0. The van der Waals surface area contributed by atoms with Crippen LogP contribution in [0.5, 0.6) is 0 Å². The van der Waals surface area contributed by atoms with Gasteiger partial charge in [0.2, 0.25) is 10.0 Å². The van der Waals surface area contributed by atoms with E-state index in [9.17, 15) is 8.42 Å². The Bertz CT molecular complexity index is 615. The molecule has 0 aliphatic heterocycles. The summed E-state index contributed by atoms with van der Waals surface area (Å²) < 4.78 is 22.4. The molecule has 1 unspecified atom stereocenters. The van der Waals surface area contributed by atoms with Gasteiger partial charge in [-0.2, -0.15) is 0 Å². The number of benzene rings is 1. The average molecular weight is 468 g/mol. The molecule has 1 aromatic rings. The van der Waals surface area contributed by atoms with E-state index in [-0.39, 0.29) is 34.9 Å². The normalized spacial score (nSPS) is 13.5. The van der Waals surface area contributed by atoms with Crippen LogP contribution in [0.4, 0.5) is 0 Å². The molecule has 0 aliphatic rings. The highest BCUT2D eigenvalue weighted by molar-refractivity contribution is 14.0. The summed E-state index contributed by atoms with van der Waals surface area (Å²) in [5.41, 5.74) is 6.75. The number of nitrogens with two attached hydrogens (primary N) is 2. The first kappa shape index (κ1) is 23.1. The minimum Gasteiger partial charge on any atom is -0.370 e. The number of nitrogens with one attached hydrogen (secondary N) is 1. The maximum atomic E-state index is 11.2. The van der Waals surface area contributed by atoms with Gasteiger partial charge in [0.1, 0.15) is 0 Å². The van der Waals surface area contributed by atoms with Crippen molar-refractivity contribution in [3.05, 3.63) is 29.8 Å². The number of rotatable bonds is 8. The Morgan fingerprint density at radius 1 is 1.17 bits per heavy atom. The molecular weight excluding hydrogens is 439 g/mol. The van der Waals surface area contributed by atoms with E-state index in [1.165, 1.54) is 18.6 Å². The molecule has 0 heterocycles. The van der Waals surface area contributed by atoms with E-state index in [4.69, 9.17) is 10.9 Å². The summed E-state index contributed by atoms with van der Waals surface area (Å²) in [4.78, 5) is 4.36. The molecular formula is C16H29IN4O2S. The summed E-state index contributed by atoms with van der Waals surface area (Å²) in [6.45, 7) is 6.91. The van der Waals surface area contributed by atoms with Crippen molar-refractivity contribution in [1.82, 2.24) is 5.32 Å². The van der Waals surface area contributed by atoms with Crippen LogP contribution in [0.2, 0.25) is 0 Å². The van der Waals surface area contributed by atoms with Crippen LogP contribution in [0.15, 0.2) is 34.2 Å². The number of primary sulfonamides is 1. The van der Waals surface area contributed by atoms with E-state index in [1.807, 2.05) is 0 Å². The van der Waals surface area contributed by atoms with Crippen molar-refractivity contribution in [1.29, 1.82) is 0 Å². The van der Waals surface area contributed by atoms with Crippen molar-refractivity contribution < 1.29 is 8.42 Å². The van der Waals surface area contributed by atoms with E-state index < -0.39 is 10.0 Å². The number of guanidine groups is 1. The Hall–Kier alpha value is -0.870. The monoisotopic (exact) mass is 468 g/mol. The van der Waals surface area contributed by atoms with Crippen LogP contribution in [0.3, 0.4) is 0 Å². The molecule has 0 fully saturated rings. The zero-order chi connectivity index (χ0) is 17.5. The highest BCUT2D eigenvalue weighted by atomic mass is 127. The lowest BCUT2D eigenvalue weighted by Crippen LogP contribution is -2.38. The van der Waals surface area contributed by atoms with Crippen LogP contribution in [0.1, 0.15) is 45.6 Å². The Morgan fingerprint density at radius 2 is 1.75 bits per heavy atom. The Balaban J connectivity index is 0.00000529. The van der Waals surface area contributed by atoms with E-state index >= 15 is 0 Å². The summed E-state index contributed by atoms with van der Waals surface area (Å²) in [7, 11) is -3.65. The molecule has 0 radical (unpaired) electrons. The van der Waals surface area contributed by atoms with Crippen molar-refractivity contribution in [2.45, 2.75) is 57.5 Å². The predicted molar refractivity (Wildman–Crippen MR) is 110 cm³/mol. The molecule has 0 aliphatic carbocycles. The van der Waals surface area contributed by atoms with E-state index in [0.29, 0.717) is 18.4 Å². The SMILES string of the molecule is CC(C)CCCC(C)NC(N)=NCc1ccc(S(N)(=O)=O)cc1.I. The van der Waals surface area contributed by atoms with Crippen molar-refractivity contribution >= 4 is 40.0 Å². The molecule has 1 rings (SSSR count). The number of hydrogen-bond acceptors (Lipinski definition) is 3. The maximum absolute atomic E-state index is 11.2. The topological polar surface area (TPSA) is 111 Å². The lowest BCUT2D eigenvalue weighted by Gasteiger charge is -2.15. The molecule has 0 saturated heterocycles. The van der Waals surface area contributed by atoms with Crippen molar-refractivity contribution in [2.75, 3.05) is 0 Å². The van der Waals surface area contributed by atoms with Crippen LogP contribution in [-0.4, -0.2) is 20.4 Å². The molecule has 0 spiro atoms. The zero-order valence-electron chi connectivity index (χ0n) is 14.5. The van der Waals surface area contributed by atoms with Gasteiger partial charge in [-0.15, -0.1) is 24.0 Å². The third-order valence-electron chi connectivity index (χ3n) is 3.50. The van der Waals surface area contributed by atoms with Crippen molar-refractivity contribution in [3.63, 3.8) is 0 Å². The largest absolute Gasteiger partial charge is 0.370 e. The van der Waals surface area contributed by atoms with Gasteiger partial charge < -0.3 is 11.1 Å². The zero-order valence-corrected chi connectivity index (χ0v) is 17.7. The quantitative estimate of drug-likeness (QED) is 0.309. The Morgan fingerprint density at radius 3 is 2.25 bits per heavy atom. The van der Waals surface area contributed by atoms with Gasteiger partial charge in [0.15, 0.2) is 5.96 Å². The summed E-state index contributed by atoms with van der Waals surface area (Å²) in [5, 5.41) is 8.23. The molecule has 1 aromatic carbocycles. The Kier molecular flexibility index (Phi) is 10.5. The molecule has 0 amide bonds. The van der Waals surface area contributed by atoms with E-state index in [0.717, 1.165) is 18.4 Å². The first-order chi connectivity index (χ1) is 10.7. The predicted octanol–water partition coefficient (Wildman–Crippen LogP) is 2.57. The van der Waals surface area contributed by atoms with Gasteiger partial charge in [-0.3, -0.25) is 0 Å². The number of aliphatic imine (C=N–C) groups is 1. The third-order valence-corrected chi connectivity index (χ3v) is 4.43. The lowest BCUT2D eigenvalue weighted by atomic mass is 10.0. The van der Waals surface area contributed by atoms with Crippen LogP contribution < -0.4 is 16.2 Å². The number of nitrogens with zero attached hydrogens (tertiary/aromatic N) is 1. The average Bonchev–Trinajstić information content (AvgIpc) is 2.44. The van der Waals surface area contributed by atoms with Crippen molar-refractivity contribution in [3.8, 4) is 0 Å². The first-order valence-electron chi connectivity index (χ1n) is 7.86. The smallest absolute Gasteiger partial charge is 0.238 e. The van der Waals surface area contributed by atoms with Gasteiger partial charge in [0.05, 0.1) is 11.4 Å². The minimum absolute atomic E-state index is 0. The van der Waals surface area contributed by atoms with E-state index in [2.05, 4.69) is 31.1 Å². The molecule has 0 aromatic heterocycles. The van der Waals surface area contributed by atoms with Gasteiger partial charge in [-0.1, -0.05) is 38.8 Å². The fraction of sp³-hybridized carbons (Fsp3) is 0.562. The second-order valence-electron chi connectivity index (χ2n) is 6.26. The molecule has 0 saturated carbocycles. The molecule has 6 nitrogen and oxygen atoms in total. The Labute approximate surface area is 162 Å². The second-order valence-corrected chi connectivity index (χ2v) is 7.82. The van der Waals surface area contributed by atoms with Gasteiger partial charge in [-0.05, 0) is 37.0 Å². The third kappa shape index (κ3) is 9.43. The number of sulfonamides is 1. The fourth-order valence-corrected chi connectivity index (χ4v) is 2.68. The number of halogens is 1. The van der Waals surface area contributed by atoms with Gasteiger partial charge >= 0.3 is 0 Å². The molecule has 0 bridgehead atoms. The first-order valence-corrected chi connectivity index (χ1v) is 9.41. The van der Waals surface area contributed by atoms with Gasteiger partial charge in [-0.25, -0.2) is 18.5 Å². The van der Waals surface area contributed by atoms with Crippen LogP contribution in [0, 0.1) is 5.92 Å². The molecule has 138 valence electrons. The summed E-state index contributed by atoms with van der Waals surface area (Å²) in [6, 6.07) is 6.59. The molecule has 8 heteroatoms. The molecule has 5 N–H and O–H groups in total. The lowest BCUT2D eigenvalue weighted by molar-refractivity contribution is 0.493. The van der Waals surface area contributed by atoms with E-state index in [1.54, 1.807) is 12.1 Å². The summed E-state index contributed by atoms with van der Waals surface area (Å²) in [5.74, 6) is 1.12. The maximum Gasteiger partial charge on any atom is 0.238 e. The highest BCUT2D eigenvalue weighted by Crippen LogP contribution is 2.10.